The molecule has 0 aliphatic heterocycles. The van der Waals surface area contributed by atoms with Gasteiger partial charge in [-0.2, -0.15) is 0 Å². The highest BCUT2D eigenvalue weighted by Gasteiger charge is 2.01. The lowest BCUT2D eigenvalue weighted by Crippen LogP contribution is -1.94. The zero-order valence-electron chi connectivity index (χ0n) is 7.90. The predicted octanol–water partition coefficient (Wildman–Crippen LogP) is 2.81. The number of benzene rings is 1. The summed E-state index contributed by atoms with van der Waals surface area (Å²) in [6.45, 7) is 0. The molecule has 0 atom stereocenters. The Kier molecular flexibility index (Phi) is 3.74. The molecule has 3 nitrogen and oxygen atoms in total. The fourth-order valence-corrected chi connectivity index (χ4v) is 2.00. The van der Waals surface area contributed by atoms with Crippen LogP contribution in [0, 0.1) is 3.57 Å². The topological polar surface area (TPSA) is 30.7 Å². The molecule has 1 aromatic heterocycles. The van der Waals surface area contributed by atoms with Gasteiger partial charge in [-0.1, -0.05) is 21.1 Å². The van der Waals surface area contributed by atoms with Crippen molar-refractivity contribution in [3.05, 3.63) is 39.7 Å². The fourth-order valence-electron chi connectivity index (χ4n) is 1.23. The molecule has 0 aliphatic rings. The van der Waals surface area contributed by atoms with E-state index in [2.05, 4.69) is 61.0 Å². The molecule has 1 aromatic carbocycles. The van der Waals surface area contributed by atoms with E-state index in [1.807, 2.05) is 18.3 Å². The zero-order chi connectivity index (χ0) is 10.7. The van der Waals surface area contributed by atoms with Gasteiger partial charge in [0.05, 0.1) is 17.6 Å². The molecule has 78 valence electrons. The molecule has 15 heavy (non-hydrogen) atoms. The number of hydrogen-bond acceptors (Lipinski definition) is 2. The molecule has 0 saturated carbocycles. The Morgan fingerprint density at radius 1 is 1.27 bits per heavy atom. The van der Waals surface area contributed by atoms with Gasteiger partial charge in [0.1, 0.15) is 0 Å². The lowest BCUT2D eigenvalue weighted by atomic mass is 10.3. The van der Waals surface area contributed by atoms with E-state index in [-0.39, 0.29) is 0 Å². The van der Waals surface area contributed by atoms with E-state index in [4.69, 9.17) is 0 Å². The summed E-state index contributed by atoms with van der Waals surface area (Å²) in [5.74, 6) is 0. The maximum atomic E-state index is 4.09. The van der Waals surface area contributed by atoms with Crippen LogP contribution in [0.15, 0.2) is 30.5 Å². The van der Waals surface area contributed by atoms with Crippen LogP contribution in [0.5, 0.6) is 0 Å². The van der Waals surface area contributed by atoms with E-state index in [0.717, 1.165) is 23.1 Å². The first-order valence-electron chi connectivity index (χ1n) is 4.53. The summed E-state index contributed by atoms with van der Waals surface area (Å²) in [4.78, 5) is 0. The molecule has 0 unspecified atom stereocenters. The van der Waals surface area contributed by atoms with Crippen LogP contribution in [0.25, 0.3) is 5.69 Å². The van der Waals surface area contributed by atoms with Gasteiger partial charge in [-0.25, -0.2) is 4.68 Å². The third-order valence-corrected chi connectivity index (χ3v) is 3.10. The molecule has 0 aliphatic carbocycles. The summed E-state index contributed by atoms with van der Waals surface area (Å²) in [7, 11) is 0. The van der Waals surface area contributed by atoms with Crippen LogP contribution >= 0.6 is 38.5 Å². The first-order chi connectivity index (χ1) is 7.29. The van der Waals surface area contributed by atoms with Crippen molar-refractivity contribution in [2.45, 2.75) is 6.42 Å². The first-order valence-corrected chi connectivity index (χ1v) is 6.73. The number of alkyl halides is 1. The van der Waals surface area contributed by atoms with Gasteiger partial charge in [0.2, 0.25) is 0 Å². The van der Waals surface area contributed by atoms with Crippen LogP contribution in [-0.2, 0) is 6.42 Å². The van der Waals surface area contributed by atoms with Gasteiger partial charge >= 0.3 is 0 Å². The van der Waals surface area contributed by atoms with Crippen molar-refractivity contribution in [1.82, 2.24) is 15.0 Å². The number of nitrogens with zero attached hydrogens (tertiary/aromatic N) is 3. The molecule has 2 rings (SSSR count). The second-order valence-electron chi connectivity index (χ2n) is 3.07. The number of hydrogen-bond donors (Lipinski definition) is 0. The molecular weight excluding hydrogens is 369 g/mol. The quantitative estimate of drug-likeness (QED) is 0.608. The molecule has 0 radical (unpaired) electrons. The number of halogens is 2. The Labute approximate surface area is 110 Å². The van der Waals surface area contributed by atoms with Crippen LogP contribution in [-0.4, -0.2) is 20.3 Å². The van der Waals surface area contributed by atoms with Crippen molar-refractivity contribution in [2.24, 2.45) is 0 Å². The highest BCUT2D eigenvalue weighted by molar-refractivity contribution is 14.1. The Bertz CT molecular complexity index is 438. The maximum absolute atomic E-state index is 4.09. The van der Waals surface area contributed by atoms with Gasteiger partial charge in [0.15, 0.2) is 0 Å². The van der Waals surface area contributed by atoms with Gasteiger partial charge < -0.3 is 0 Å². The van der Waals surface area contributed by atoms with E-state index in [1.165, 1.54) is 3.57 Å². The minimum atomic E-state index is 0.907. The molecule has 0 spiro atoms. The molecule has 0 bridgehead atoms. The second-order valence-corrected chi connectivity index (χ2v) is 5.11. The Balaban J connectivity index is 2.25. The molecule has 1 heterocycles. The van der Waals surface area contributed by atoms with Crippen LogP contribution in [0.4, 0.5) is 0 Å². The van der Waals surface area contributed by atoms with E-state index in [0.29, 0.717) is 0 Å². The van der Waals surface area contributed by atoms with Crippen LogP contribution in [0.1, 0.15) is 5.69 Å². The van der Waals surface area contributed by atoms with Crippen molar-refractivity contribution in [3.8, 4) is 5.69 Å². The largest absolute Gasteiger partial charge is 0.220 e. The lowest BCUT2D eigenvalue weighted by molar-refractivity contribution is 0.798. The summed E-state index contributed by atoms with van der Waals surface area (Å²) in [5.41, 5.74) is 2.05. The van der Waals surface area contributed by atoms with Crippen LogP contribution in [0.3, 0.4) is 0 Å². The monoisotopic (exact) mass is 377 g/mol. The van der Waals surface area contributed by atoms with Crippen LogP contribution in [0.2, 0.25) is 0 Å². The van der Waals surface area contributed by atoms with E-state index in [1.54, 1.807) is 4.68 Å². The van der Waals surface area contributed by atoms with E-state index < -0.39 is 0 Å². The highest BCUT2D eigenvalue weighted by Crippen LogP contribution is 2.10. The minimum Gasteiger partial charge on any atom is -0.220 e. The van der Waals surface area contributed by atoms with Crippen molar-refractivity contribution in [1.29, 1.82) is 0 Å². The first kappa shape index (κ1) is 11.1. The number of rotatable bonds is 3. The van der Waals surface area contributed by atoms with Gasteiger partial charge in [0, 0.05) is 15.3 Å². The van der Waals surface area contributed by atoms with Crippen molar-refractivity contribution in [3.63, 3.8) is 0 Å². The summed E-state index contributed by atoms with van der Waals surface area (Å²) in [5, 5.41) is 9.08. The summed E-state index contributed by atoms with van der Waals surface area (Å²) in [6, 6.07) is 8.19. The number of aromatic nitrogens is 3. The second kappa shape index (κ2) is 5.07. The maximum Gasteiger partial charge on any atom is 0.0840 e. The molecule has 0 amide bonds. The van der Waals surface area contributed by atoms with E-state index >= 15 is 0 Å². The highest BCUT2D eigenvalue weighted by atomic mass is 127. The van der Waals surface area contributed by atoms with Crippen molar-refractivity contribution in [2.75, 3.05) is 5.33 Å². The molecule has 0 fully saturated rings. The third-order valence-electron chi connectivity index (χ3n) is 1.98. The zero-order valence-corrected chi connectivity index (χ0v) is 11.6. The normalized spacial score (nSPS) is 10.5. The summed E-state index contributed by atoms with van der Waals surface area (Å²) < 4.78 is 3.02. The Hall–Kier alpha value is -0.430. The van der Waals surface area contributed by atoms with Crippen molar-refractivity contribution >= 4 is 38.5 Å². The molecule has 2 aromatic rings. The predicted molar refractivity (Wildman–Crippen MR) is 71.6 cm³/mol. The minimum absolute atomic E-state index is 0.907. The molecular formula is C10H9BrIN3. The fraction of sp³-hybridized carbons (Fsp3) is 0.200. The van der Waals surface area contributed by atoms with Gasteiger partial charge in [-0.05, 0) is 46.9 Å². The summed E-state index contributed by atoms with van der Waals surface area (Å²) >= 11 is 5.67. The Morgan fingerprint density at radius 3 is 2.67 bits per heavy atom. The molecule has 0 N–H and O–H groups in total. The van der Waals surface area contributed by atoms with Gasteiger partial charge in [-0.3, -0.25) is 0 Å². The van der Waals surface area contributed by atoms with E-state index in [9.17, 15) is 0 Å². The van der Waals surface area contributed by atoms with Crippen LogP contribution < -0.4 is 0 Å². The average Bonchev–Trinajstić information content (AvgIpc) is 2.68. The standard InChI is InChI=1S/C10H9BrIN3/c11-6-5-9-7-15(14-13-9)10-3-1-8(12)2-4-10/h1-4,7H,5-6H2. The smallest absolute Gasteiger partial charge is 0.0840 e. The third kappa shape index (κ3) is 2.78. The van der Waals surface area contributed by atoms with Gasteiger partial charge in [0.25, 0.3) is 0 Å². The van der Waals surface area contributed by atoms with Crippen molar-refractivity contribution < 1.29 is 0 Å². The average molecular weight is 378 g/mol. The Morgan fingerprint density at radius 2 is 2.00 bits per heavy atom. The SMILES string of the molecule is BrCCc1cn(-c2ccc(I)cc2)nn1. The molecule has 5 heteroatoms. The number of aryl methyl sites for hydroxylation is 1. The molecule has 0 saturated heterocycles. The summed E-state index contributed by atoms with van der Waals surface area (Å²) in [6.07, 6.45) is 2.87. The lowest BCUT2D eigenvalue weighted by Gasteiger charge is -1.98. The van der Waals surface area contributed by atoms with Gasteiger partial charge in [-0.15, -0.1) is 5.10 Å².